The van der Waals surface area contributed by atoms with E-state index in [-0.39, 0.29) is 16.3 Å². The highest BCUT2D eigenvalue weighted by atomic mass is 32.2. The summed E-state index contributed by atoms with van der Waals surface area (Å²) in [5.74, 6) is -0.519. The van der Waals surface area contributed by atoms with Crippen LogP contribution in [-0.2, 0) is 10.0 Å². The molecule has 128 valence electrons. The average molecular weight is 356 g/mol. The molecule has 0 bridgehead atoms. The Hall–Kier alpha value is -3.13. The predicted molar refractivity (Wildman–Crippen MR) is 95.0 cm³/mol. The van der Waals surface area contributed by atoms with Crippen LogP contribution in [0.25, 0.3) is 0 Å². The average Bonchev–Trinajstić information content (AvgIpc) is 3.03. The van der Waals surface area contributed by atoms with Crippen molar-refractivity contribution in [3.63, 3.8) is 0 Å². The largest absolute Gasteiger partial charge is 0.321 e. The lowest BCUT2D eigenvalue weighted by atomic mass is 10.2. The Kier molecular flexibility index (Phi) is 4.53. The summed E-state index contributed by atoms with van der Waals surface area (Å²) < 4.78 is 27.3. The molecule has 25 heavy (non-hydrogen) atoms. The van der Waals surface area contributed by atoms with Gasteiger partial charge in [-0.3, -0.25) is 14.6 Å². The molecule has 1 heterocycles. The molecule has 3 aromatic rings. The molecule has 0 radical (unpaired) electrons. The summed E-state index contributed by atoms with van der Waals surface area (Å²) in [6.45, 7) is 1.87. The molecule has 3 N–H and O–H groups in total. The molecule has 0 fully saturated rings. The zero-order valence-corrected chi connectivity index (χ0v) is 14.2. The van der Waals surface area contributed by atoms with Gasteiger partial charge in [0.25, 0.3) is 15.9 Å². The lowest BCUT2D eigenvalue weighted by molar-refractivity contribution is 0.102. The van der Waals surface area contributed by atoms with Crippen molar-refractivity contribution in [2.75, 3.05) is 10.0 Å². The highest BCUT2D eigenvalue weighted by molar-refractivity contribution is 7.92. The van der Waals surface area contributed by atoms with Gasteiger partial charge >= 0.3 is 0 Å². The van der Waals surface area contributed by atoms with Crippen molar-refractivity contribution < 1.29 is 13.2 Å². The van der Waals surface area contributed by atoms with Gasteiger partial charge in [-0.1, -0.05) is 35.9 Å². The summed E-state index contributed by atoms with van der Waals surface area (Å²) >= 11 is 0. The number of rotatable bonds is 5. The summed E-state index contributed by atoms with van der Waals surface area (Å²) in [6.07, 6.45) is 1.33. The molecule has 0 aliphatic carbocycles. The number of hydrogen-bond donors (Lipinski definition) is 3. The molecule has 1 amide bonds. The highest BCUT2D eigenvalue weighted by Gasteiger charge is 2.21. The van der Waals surface area contributed by atoms with Crippen LogP contribution in [0.2, 0.25) is 0 Å². The first-order valence-electron chi connectivity index (χ1n) is 7.45. The van der Waals surface area contributed by atoms with E-state index in [9.17, 15) is 13.2 Å². The van der Waals surface area contributed by atoms with Gasteiger partial charge in [0.1, 0.15) is 0 Å². The van der Waals surface area contributed by atoms with Gasteiger partial charge in [0, 0.05) is 11.9 Å². The highest BCUT2D eigenvalue weighted by Crippen LogP contribution is 2.20. The van der Waals surface area contributed by atoms with Gasteiger partial charge in [0.05, 0.1) is 10.6 Å². The first-order chi connectivity index (χ1) is 12.0. The third kappa shape index (κ3) is 3.86. The van der Waals surface area contributed by atoms with Crippen LogP contribution in [0.5, 0.6) is 0 Å². The van der Waals surface area contributed by atoms with Gasteiger partial charge in [-0.2, -0.15) is 5.10 Å². The Labute approximate surface area is 145 Å². The molecule has 7 nitrogen and oxygen atoms in total. The molecular weight excluding hydrogens is 340 g/mol. The summed E-state index contributed by atoms with van der Waals surface area (Å²) in [5.41, 5.74) is 1.57. The third-order valence-corrected chi connectivity index (χ3v) is 4.84. The van der Waals surface area contributed by atoms with Crippen molar-refractivity contribution >= 4 is 27.3 Å². The van der Waals surface area contributed by atoms with Crippen molar-refractivity contribution in [2.24, 2.45) is 0 Å². The van der Waals surface area contributed by atoms with E-state index in [0.717, 1.165) is 5.56 Å². The minimum Gasteiger partial charge on any atom is -0.321 e. The van der Waals surface area contributed by atoms with Crippen LogP contribution >= 0.6 is 0 Å². The fourth-order valence-electron chi connectivity index (χ4n) is 2.17. The first-order valence-corrected chi connectivity index (χ1v) is 8.94. The predicted octanol–water partition coefficient (Wildman–Crippen LogP) is 2.77. The van der Waals surface area contributed by atoms with Gasteiger partial charge in [0.15, 0.2) is 5.69 Å². The van der Waals surface area contributed by atoms with E-state index < -0.39 is 15.9 Å². The maximum atomic E-state index is 12.5. The monoisotopic (exact) mass is 356 g/mol. The lowest BCUT2D eigenvalue weighted by Crippen LogP contribution is -2.18. The Morgan fingerprint density at radius 2 is 1.72 bits per heavy atom. The van der Waals surface area contributed by atoms with Gasteiger partial charge in [-0.15, -0.1) is 0 Å². The maximum absolute atomic E-state index is 12.5. The smallest absolute Gasteiger partial charge is 0.278 e. The first kappa shape index (κ1) is 16.7. The number of benzene rings is 2. The van der Waals surface area contributed by atoms with Gasteiger partial charge < -0.3 is 5.32 Å². The quantitative estimate of drug-likeness (QED) is 0.654. The van der Waals surface area contributed by atoms with Crippen LogP contribution in [0.15, 0.2) is 65.7 Å². The Bertz CT molecular complexity index is 980. The summed E-state index contributed by atoms with van der Waals surface area (Å²) in [7, 11) is -3.82. The number of H-pyrrole nitrogens is 1. The molecule has 0 saturated carbocycles. The van der Waals surface area contributed by atoms with Crippen molar-refractivity contribution in [1.29, 1.82) is 0 Å². The fourth-order valence-corrected chi connectivity index (χ4v) is 3.23. The van der Waals surface area contributed by atoms with Gasteiger partial charge in [-0.25, -0.2) is 8.42 Å². The Morgan fingerprint density at radius 1 is 1.04 bits per heavy atom. The number of sulfonamides is 1. The number of aromatic nitrogens is 2. The van der Waals surface area contributed by atoms with Crippen molar-refractivity contribution in [1.82, 2.24) is 10.2 Å². The third-order valence-electron chi connectivity index (χ3n) is 3.46. The minimum atomic E-state index is -3.82. The van der Waals surface area contributed by atoms with E-state index >= 15 is 0 Å². The molecule has 0 aliphatic rings. The number of nitrogens with one attached hydrogen (secondary N) is 3. The molecular formula is C17H16N4O3S. The number of aryl methyl sites for hydroxylation is 1. The second kappa shape index (κ2) is 6.78. The number of carbonyl (C=O) groups is 1. The molecule has 0 atom stereocenters. The molecule has 1 aromatic heterocycles. The standard InChI is InChI=1S/C17H16N4O3S/c1-12-7-9-14(10-8-12)25(23,24)21-15-11-18-20-16(15)17(22)19-13-5-3-2-4-6-13/h2-11,21H,1H3,(H,18,20)(H,19,22). The van der Waals surface area contributed by atoms with Crippen LogP contribution in [0.4, 0.5) is 11.4 Å². The van der Waals surface area contributed by atoms with Crippen LogP contribution in [0.3, 0.4) is 0 Å². The van der Waals surface area contributed by atoms with Crippen molar-refractivity contribution in [3.8, 4) is 0 Å². The molecule has 0 saturated heterocycles. The zero-order chi connectivity index (χ0) is 17.9. The van der Waals surface area contributed by atoms with E-state index in [4.69, 9.17) is 0 Å². The topological polar surface area (TPSA) is 104 Å². The van der Waals surface area contributed by atoms with Crippen LogP contribution in [0, 0.1) is 6.92 Å². The molecule has 0 spiro atoms. The molecule has 3 rings (SSSR count). The number of nitrogens with zero attached hydrogens (tertiary/aromatic N) is 1. The molecule has 0 unspecified atom stereocenters. The SMILES string of the molecule is Cc1ccc(S(=O)(=O)Nc2c[nH]nc2C(=O)Nc2ccccc2)cc1. The lowest BCUT2D eigenvalue weighted by Gasteiger charge is -2.08. The number of para-hydroxylation sites is 1. The number of anilines is 2. The van der Waals surface area contributed by atoms with Crippen LogP contribution < -0.4 is 10.0 Å². The molecule has 2 aromatic carbocycles. The number of amides is 1. The second-order valence-corrected chi connectivity index (χ2v) is 7.07. The summed E-state index contributed by atoms with van der Waals surface area (Å²) in [4.78, 5) is 12.4. The zero-order valence-electron chi connectivity index (χ0n) is 13.4. The van der Waals surface area contributed by atoms with Gasteiger partial charge in [0.2, 0.25) is 0 Å². The van der Waals surface area contributed by atoms with Gasteiger partial charge in [-0.05, 0) is 31.2 Å². The van der Waals surface area contributed by atoms with Crippen LogP contribution in [0.1, 0.15) is 16.1 Å². The number of aromatic amines is 1. The minimum absolute atomic E-state index is 0.0421. The number of hydrogen-bond acceptors (Lipinski definition) is 4. The van der Waals surface area contributed by atoms with E-state index in [2.05, 4.69) is 20.2 Å². The summed E-state index contributed by atoms with van der Waals surface area (Å²) in [6, 6.07) is 15.2. The Balaban J connectivity index is 1.82. The maximum Gasteiger partial charge on any atom is 0.278 e. The molecule has 8 heteroatoms. The van der Waals surface area contributed by atoms with Crippen molar-refractivity contribution in [3.05, 3.63) is 72.1 Å². The normalized spacial score (nSPS) is 11.1. The van der Waals surface area contributed by atoms with E-state index in [0.29, 0.717) is 5.69 Å². The molecule has 0 aliphatic heterocycles. The van der Waals surface area contributed by atoms with E-state index in [1.807, 2.05) is 13.0 Å². The Morgan fingerprint density at radius 3 is 2.40 bits per heavy atom. The fraction of sp³-hybridized carbons (Fsp3) is 0.0588. The second-order valence-electron chi connectivity index (χ2n) is 5.39. The van der Waals surface area contributed by atoms with E-state index in [1.54, 1.807) is 36.4 Å². The van der Waals surface area contributed by atoms with Crippen LogP contribution in [-0.4, -0.2) is 24.5 Å². The number of carbonyl (C=O) groups excluding carboxylic acids is 1. The van der Waals surface area contributed by atoms with Crippen molar-refractivity contribution in [2.45, 2.75) is 11.8 Å². The van der Waals surface area contributed by atoms with E-state index in [1.165, 1.54) is 18.3 Å². The summed E-state index contributed by atoms with van der Waals surface area (Å²) in [5, 5.41) is 9.01.